The molecule has 31 heavy (non-hydrogen) atoms. The van der Waals surface area contributed by atoms with Crippen molar-refractivity contribution in [1.29, 1.82) is 0 Å². The molecule has 1 heterocycles. The Labute approximate surface area is 180 Å². The minimum atomic E-state index is -1.54. The van der Waals surface area contributed by atoms with Crippen molar-refractivity contribution in [2.45, 2.75) is 36.4 Å². The summed E-state index contributed by atoms with van der Waals surface area (Å²) in [6, 6.07) is 23.6. The highest BCUT2D eigenvalue weighted by molar-refractivity contribution is 5.89. The lowest BCUT2D eigenvalue weighted by Crippen LogP contribution is -2.65. The van der Waals surface area contributed by atoms with E-state index in [9.17, 15) is 14.7 Å². The number of rotatable bonds is 5. The van der Waals surface area contributed by atoms with Crippen LogP contribution in [0.5, 0.6) is 0 Å². The number of aliphatic carboxylic acids is 1. The van der Waals surface area contributed by atoms with E-state index in [2.05, 4.69) is 28.1 Å². The third-order valence-electron chi connectivity index (χ3n) is 6.52. The topological polar surface area (TPSA) is 90.5 Å². The van der Waals surface area contributed by atoms with Crippen LogP contribution in [0.1, 0.15) is 35.8 Å². The highest BCUT2D eigenvalue weighted by atomic mass is 16.4. The van der Waals surface area contributed by atoms with Crippen LogP contribution in [0.25, 0.3) is 10.8 Å². The van der Waals surface area contributed by atoms with Crippen LogP contribution in [-0.4, -0.2) is 35.4 Å². The normalized spacial score (nSPS) is 27.0. The van der Waals surface area contributed by atoms with Gasteiger partial charge in [0.2, 0.25) is 0 Å². The Kier molecular flexibility index (Phi) is 4.87. The maximum absolute atomic E-state index is 12.8. The summed E-state index contributed by atoms with van der Waals surface area (Å²) in [5.41, 5.74) is 0.553. The van der Waals surface area contributed by atoms with Crippen molar-refractivity contribution in [3.8, 4) is 0 Å². The van der Waals surface area contributed by atoms with Gasteiger partial charge in [-0.15, -0.1) is 0 Å². The molecule has 6 nitrogen and oxygen atoms in total. The molecule has 0 spiro atoms. The molecule has 1 aliphatic heterocycles. The molecule has 1 aliphatic carbocycles. The van der Waals surface area contributed by atoms with Crippen molar-refractivity contribution in [1.82, 2.24) is 16.0 Å². The van der Waals surface area contributed by atoms with Crippen LogP contribution in [0.4, 0.5) is 4.79 Å². The predicted octanol–water partition coefficient (Wildman–Crippen LogP) is 3.55. The number of hydrogen-bond acceptors (Lipinski definition) is 3. The van der Waals surface area contributed by atoms with Gasteiger partial charge in [0.1, 0.15) is 0 Å². The minimum absolute atomic E-state index is 0.0220. The maximum Gasteiger partial charge on any atom is 0.345 e. The number of hydrogen-bond donors (Lipinski definition) is 4. The maximum atomic E-state index is 12.8. The number of carboxylic acids is 1. The van der Waals surface area contributed by atoms with Gasteiger partial charge in [-0.2, -0.15) is 0 Å². The number of carbonyl (C=O) groups is 2. The quantitative estimate of drug-likeness (QED) is 0.513. The number of nitrogens with one attached hydrogen (secondary N) is 3. The molecule has 3 aromatic carbocycles. The summed E-state index contributed by atoms with van der Waals surface area (Å²) < 4.78 is 0. The van der Waals surface area contributed by atoms with Gasteiger partial charge in [0.25, 0.3) is 0 Å². The molecule has 6 heteroatoms. The Balaban J connectivity index is 1.34. The molecular weight excluding hydrogens is 390 g/mol. The minimum Gasteiger partial charge on any atom is -0.478 e. The second-order valence-corrected chi connectivity index (χ2v) is 8.45. The largest absolute Gasteiger partial charge is 0.478 e. The SMILES string of the molecule is O=C(NC1CC1c1ccccc1)N[C@]1(C(=O)O)NCCC1c1ccc2ccccc2c1. The Morgan fingerprint density at radius 2 is 1.68 bits per heavy atom. The smallest absolute Gasteiger partial charge is 0.345 e. The number of urea groups is 1. The summed E-state index contributed by atoms with van der Waals surface area (Å²) in [7, 11) is 0. The Morgan fingerprint density at radius 3 is 2.45 bits per heavy atom. The summed E-state index contributed by atoms with van der Waals surface area (Å²) in [6.45, 7) is 0.514. The lowest BCUT2D eigenvalue weighted by molar-refractivity contribution is -0.146. The third-order valence-corrected chi connectivity index (χ3v) is 6.52. The first-order valence-corrected chi connectivity index (χ1v) is 10.7. The first-order chi connectivity index (χ1) is 15.1. The zero-order valence-corrected chi connectivity index (χ0v) is 17.0. The molecule has 4 atom stereocenters. The lowest BCUT2D eigenvalue weighted by Gasteiger charge is -2.32. The van der Waals surface area contributed by atoms with Crippen LogP contribution in [0, 0.1) is 0 Å². The highest BCUT2D eigenvalue weighted by Gasteiger charge is 2.52. The van der Waals surface area contributed by atoms with Gasteiger partial charge in [-0.25, -0.2) is 9.59 Å². The summed E-state index contributed by atoms with van der Waals surface area (Å²) in [5, 5.41) is 21.1. The van der Waals surface area contributed by atoms with E-state index in [4.69, 9.17) is 0 Å². The van der Waals surface area contributed by atoms with Crippen molar-refractivity contribution in [3.63, 3.8) is 0 Å². The average Bonchev–Trinajstić information content (AvgIpc) is 3.41. The summed E-state index contributed by atoms with van der Waals surface area (Å²) in [4.78, 5) is 25.2. The first-order valence-electron chi connectivity index (χ1n) is 10.7. The zero-order chi connectivity index (χ0) is 21.4. The van der Waals surface area contributed by atoms with E-state index in [0.29, 0.717) is 13.0 Å². The highest BCUT2D eigenvalue weighted by Crippen LogP contribution is 2.41. The van der Waals surface area contributed by atoms with Crippen LogP contribution in [0.15, 0.2) is 72.8 Å². The predicted molar refractivity (Wildman–Crippen MR) is 119 cm³/mol. The summed E-state index contributed by atoms with van der Waals surface area (Å²) in [6.07, 6.45) is 1.49. The van der Waals surface area contributed by atoms with Gasteiger partial charge < -0.3 is 15.7 Å². The second-order valence-electron chi connectivity index (χ2n) is 8.45. The van der Waals surface area contributed by atoms with Crippen molar-refractivity contribution < 1.29 is 14.7 Å². The van der Waals surface area contributed by atoms with E-state index in [1.165, 1.54) is 5.56 Å². The van der Waals surface area contributed by atoms with E-state index in [0.717, 1.165) is 22.8 Å². The molecule has 0 bridgehead atoms. The zero-order valence-electron chi connectivity index (χ0n) is 17.0. The average molecular weight is 415 g/mol. The van der Waals surface area contributed by atoms with E-state index < -0.39 is 17.7 Å². The molecule has 1 saturated carbocycles. The molecular formula is C25H25N3O3. The van der Waals surface area contributed by atoms with E-state index in [-0.39, 0.29) is 17.9 Å². The van der Waals surface area contributed by atoms with Gasteiger partial charge >= 0.3 is 12.0 Å². The van der Waals surface area contributed by atoms with Crippen LogP contribution >= 0.6 is 0 Å². The standard InChI is InChI=1S/C25H25N3O3/c29-23(30)25(28-24(31)27-22-15-20(22)17-7-2-1-3-8-17)21(12-13-26-25)19-11-10-16-6-4-5-9-18(16)14-19/h1-11,14,20-22,26H,12-13,15H2,(H,29,30)(H2,27,28,31)/t20?,21?,22?,25-/m1/s1. The van der Waals surface area contributed by atoms with Gasteiger partial charge in [0.15, 0.2) is 5.66 Å². The van der Waals surface area contributed by atoms with E-state index >= 15 is 0 Å². The second kappa shape index (κ2) is 7.71. The fourth-order valence-corrected chi connectivity index (χ4v) is 4.81. The molecule has 3 unspecified atom stereocenters. The molecule has 3 aromatic rings. The van der Waals surface area contributed by atoms with Crippen molar-refractivity contribution >= 4 is 22.8 Å². The summed E-state index contributed by atoms with van der Waals surface area (Å²) in [5.74, 6) is -1.17. The number of fused-ring (bicyclic) bond motifs is 1. The van der Waals surface area contributed by atoms with Gasteiger partial charge in [-0.05, 0) is 41.3 Å². The van der Waals surface area contributed by atoms with Gasteiger partial charge in [-0.3, -0.25) is 5.32 Å². The van der Waals surface area contributed by atoms with Gasteiger partial charge in [0, 0.05) is 17.9 Å². The Bertz CT molecular complexity index is 1130. The number of amides is 2. The molecule has 2 fully saturated rings. The van der Waals surface area contributed by atoms with Gasteiger partial charge in [0.05, 0.1) is 0 Å². The van der Waals surface area contributed by atoms with Crippen LogP contribution in [0.3, 0.4) is 0 Å². The molecule has 0 radical (unpaired) electrons. The number of carbonyl (C=O) groups excluding carboxylic acids is 1. The van der Waals surface area contributed by atoms with Crippen LogP contribution in [0.2, 0.25) is 0 Å². The van der Waals surface area contributed by atoms with Crippen LogP contribution in [-0.2, 0) is 4.79 Å². The van der Waals surface area contributed by atoms with E-state index in [1.807, 2.05) is 60.7 Å². The molecule has 0 aromatic heterocycles. The lowest BCUT2D eigenvalue weighted by atomic mass is 9.85. The fraction of sp³-hybridized carbons (Fsp3) is 0.280. The molecule has 4 N–H and O–H groups in total. The Morgan fingerprint density at radius 1 is 0.935 bits per heavy atom. The summed E-state index contributed by atoms with van der Waals surface area (Å²) >= 11 is 0. The van der Waals surface area contributed by atoms with Crippen molar-refractivity contribution in [2.75, 3.05) is 6.54 Å². The fourth-order valence-electron chi connectivity index (χ4n) is 4.81. The van der Waals surface area contributed by atoms with Crippen molar-refractivity contribution in [3.05, 3.63) is 83.9 Å². The number of benzene rings is 3. The van der Waals surface area contributed by atoms with E-state index in [1.54, 1.807) is 0 Å². The molecule has 5 rings (SSSR count). The van der Waals surface area contributed by atoms with Gasteiger partial charge in [-0.1, -0.05) is 72.8 Å². The number of carboxylic acid groups (broad SMARTS) is 1. The molecule has 158 valence electrons. The first kappa shape index (κ1) is 19.6. The molecule has 2 amide bonds. The molecule has 2 aliphatic rings. The van der Waals surface area contributed by atoms with Crippen molar-refractivity contribution in [2.24, 2.45) is 0 Å². The Hall–Kier alpha value is -3.38. The third kappa shape index (κ3) is 3.64. The molecule has 1 saturated heterocycles. The van der Waals surface area contributed by atoms with Crippen LogP contribution < -0.4 is 16.0 Å². The monoisotopic (exact) mass is 415 g/mol.